The van der Waals surface area contributed by atoms with E-state index in [9.17, 15) is 9.59 Å². The summed E-state index contributed by atoms with van der Waals surface area (Å²) in [5.41, 5.74) is 0.893. The number of aliphatic carboxylic acids is 1. The Bertz CT molecular complexity index is 666. The maximum atomic E-state index is 11.8. The molecule has 0 fully saturated rings. The van der Waals surface area contributed by atoms with Gasteiger partial charge in [0.05, 0.1) is 6.67 Å². The van der Waals surface area contributed by atoms with Crippen LogP contribution in [0.3, 0.4) is 0 Å². The number of nitrogens with zero attached hydrogens (tertiary/aromatic N) is 2. The summed E-state index contributed by atoms with van der Waals surface area (Å²) in [5.74, 6) is -0.819. The minimum Gasteiger partial charge on any atom is -0.481 e. The van der Waals surface area contributed by atoms with Gasteiger partial charge in [0.2, 0.25) is 0 Å². The SMILES string of the molecule is O=C(O)CCCNCn1nc(-c2ccc(Br)cc2)sc1=O. The van der Waals surface area contributed by atoms with Gasteiger partial charge in [0.1, 0.15) is 5.01 Å². The van der Waals surface area contributed by atoms with E-state index < -0.39 is 5.97 Å². The molecule has 0 saturated carbocycles. The maximum absolute atomic E-state index is 11.8. The Kier molecular flexibility index (Phi) is 5.66. The molecule has 2 rings (SSSR count). The molecule has 0 unspecified atom stereocenters. The average molecular weight is 372 g/mol. The van der Waals surface area contributed by atoms with Crippen LogP contribution in [0.2, 0.25) is 0 Å². The van der Waals surface area contributed by atoms with Crippen molar-refractivity contribution in [3.63, 3.8) is 0 Å². The lowest BCUT2D eigenvalue weighted by Crippen LogP contribution is -2.26. The molecule has 0 amide bonds. The van der Waals surface area contributed by atoms with E-state index >= 15 is 0 Å². The highest BCUT2D eigenvalue weighted by Gasteiger charge is 2.08. The fourth-order valence-corrected chi connectivity index (χ4v) is 2.70. The Morgan fingerprint density at radius 1 is 1.38 bits per heavy atom. The number of carboxylic acids is 1. The monoisotopic (exact) mass is 371 g/mol. The zero-order chi connectivity index (χ0) is 15.2. The predicted octanol–water partition coefficient (Wildman–Crippen LogP) is 2.15. The van der Waals surface area contributed by atoms with Crippen molar-refractivity contribution in [2.24, 2.45) is 0 Å². The molecule has 0 saturated heterocycles. The fraction of sp³-hybridized carbons (Fsp3) is 0.308. The second kappa shape index (κ2) is 7.48. The summed E-state index contributed by atoms with van der Waals surface area (Å²) in [6.45, 7) is 0.815. The number of halogens is 1. The number of aromatic nitrogens is 2. The summed E-state index contributed by atoms with van der Waals surface area (Å²) in [4.78, 5) is 22.1. The van der Waals surface area contributed by atoms with Gasteiger partial charge in [-0.3, -0.25) is 14.9 Å². The number of carboxylic acid groups (broad SMARTS) is 1. The summed E-state index contributed by atoms with van der Waals surface area (Å²) in [6.07, 6.45) is 0.636. The lowest BCUT2D eigenvalue weighted by molar-refractivity contribution is -0.137. The van der Waals surface area contributed by atoms with Gasteiger partial charge in [-0.15, -0.1) is 0 Å². The largest absolute Gasteiger partial charge is 0.481 e. The number of benzene rings is 1. The highest BCUT2D eigenvalue weighted by Crippen LogP contribution is 2.21. The van der Waals surface area contributed by atoms with E-state index in [-0.39, 0.29) is 18.0 Å². The average Bonchev–Trinajstić information content (AvgIpc) is 2.80. The van der Waals surface area contributed by atoms with Crippen molar-refractivity contribution in [3.8, 4) is 10.6 Å². The highest BCUT2D eigenvalue weighted by atomic mass is 79.9. The molecule has 0 spiro atoms. The van der Waals surface area contributed by atoms with E-state index in [2.05, 4.69) is 26.3 Å². The molecule has 2 aromatic rings. The zero-order valence-electron chi connectivity index (χ0n) is 11.1. The van der Waals surface area contributed by atoms with Crippen molar-refractivity contribution in [1.82, 2.24) is 15.1 Å². The molecule has 0 aliphatic rings. The van der Waals surface area contributed by atoms with Crippen LogP contribution >= 0.6 is 27.3 Å². The molecule has 6 nitrogen and oxygen atoms in total. The summed E-state index contributed by atoms with van der Waals surface area (Å²) in [5, 5.41) is 16.5. The van der Waals surface area contributed by atoms with E-state index in [1.54, 1.807) is 0 Å². The van der Waals surface area contributed by atoms with Crippen LogP contribution in [0.5, 0.6) is 0 Å². The second-order valence-corrected chi connectivity index (χ2v) is 6.19. The van der Waals surface area contributed by atoms with Gasteiger partial charge in [0.25, 0.3) is 0 Å². The summed E-state index contributed by atoms with van der Waals surface area (Å²) in [7, 11) is 0. The van der Waals surface area contributed by atoms with Gasteiger partial charge >= 0.3 is 10.8 Å². The van der Waals surface area contributed by atoms with Crippen molar-refractivity contribution in [2.75, 3.05) is 6.54 Å². The van der Waals surface area contributed by atoms with E-state index in [0.717, 1.165) is 21.4 Å². The summed E-state index contributed by atoms with van der Waals surface area (Å²) in [6, 6.07) is 7.59. The topological polar surface area (TPSA) is 84.2 Å². The van der Waals surface area contributed by atoms with Crippen LogP contribution in [0.4, 0.5) is 0 Å². The van der Waals surface area contributed by atoms with E-state index in [1.807, 2.05) is 24.3 Å². The van der Waals surface area contributed by atoms with E-state index in [1.165, 1.54) is 4.68 Å². The Balaban J connectivity index is 1.94. The third kappa shape index (κ3) is 4.76. The molecular formula is C13H14BrN3O3S. The molecule has 1 heterocycles. The lowest BCUT2D eigenvalue weighted by Gasteiger charge is -2.02. The lowest BCUT2D eigenvalue weighted by atomic mass is 10.2. The summed E-state index contributed by atoms with van der Waals surface area (Å²) < 4.78 is 2.32. The van der Waals surface area contributed by atoms with Crippen LogP contribution in [0.25, 0.3) is 10.6 Å². The smallest absolute Gasteiger partial charge is 0.326 e. The predicted molar refractivity (Wildman–Crippen MR) is 84.4 cm³/mol. The van der Waals surface area contributed by atoms with Crippen molar-refractivity contribution >= 4 is 33.2 Å². The quantitative estimate of drug-likeness (QED) is 0.728. The molecule has 112 valence electrons. The first kappa shape index (κ1) is 15.9. The standard InChI is InChI=1S/C13H14BrN3O3S/c14-10-5-3-9(4-6-10)12-16-17(13(20)21-12)8-15-7-1-2-11(18)19/h3-6,15H,1-2,7-8H2,(H,18,19). The molecule has 8 heteroatoms. The van der Waals surface area contributed by atoms with Crippen LogP contribution in [0, 0.1) is 0 Å². The minimum absolute atomic E-state index is 0.114. The third-order valence-electron chi connectivity index (χ3n) is 2.70. The van der Waals surface area contributed by atoms with Gasteiger partial charge < -0.3 is 5.11 Å². The fourth-order valence-electron chi connectivity index (χ4n) is 1.66. The summed E-state index contributed by atoms with van der Waals surface area (Å²) >= 11 is 4.45. The molecule has 0 atom stereocenters. The first-order valence-electron chi connectivity index (χ1n) is 6.32. The van der Waals surface area contributed by atoms with Crippen molar-refractivity contribution < 1.29 is 9.90 Å². The maximum Gasteiger partial charge on any atom is 0.326 e. The van der Waals surface area contributed by atoms with Gasteiger partial charge in [0, 0.05) is 16.5 Å². The normalized spacial score (nSPS) is 10.7. The third-order valence-corrected chi connectivity index (χ3v) is 4.13. The van der Waals surface area contributed by atoms with Crippen LogP contribution in [0.1, 0.15) is 12.8 Å². The molecule has 0 bridgehead atoms. The van der Waals surface area contributed by atoms with Gasteiger partial charge in [-0.25, -0.2) is 4.68 Å². The molecule has 0 aliphatic carbocycles. The van der Waals surface area contributed by atoms with Crippen LogP contribution in [-0.2, 0) is 11.5 Å². The van der Waals surface area contributed by atoms with E-state index in [4.69, 9.17) is 5.11 Å². The molecule has 0 aliphatic heterocycles. The number of carbonyl (C=O) groups is 1. The van der Waals surface area contributed by atoms with Gasteiger partial charge in [-0.1, -0.05) is 39.4 Å². The molecule has 0 radical (unpaired) electrons. The van der Waals surface area contributed by atoms with Crippen LogP contribution in [0.15, 0.2) is 33.5 Å². The number of hydrogen-bond donors (Lipinski definition) is 2. The van der Waals surface area contributed by atoms with Crippen LogP contribution < -0.4 is 10.2 Å². The van der Waals surface area contributed by atoms with Crippen LogP contribution in [-0.4, -0.2) is 27.4 Å². The molecule has 1 aromatic carbocycles. The van der Waals surface area contributed by atoms with Crippen molar-refractivity contribution in [2.45, 2.75) is 19.5 Å². The number of rotatable bonds is 7. The zero-order valence-corrected chi connectivity index (χ0v) is 13.5. The van der Waals surface area contributed by atoms with Gasteiger partial charge in [0.15, 0.2) is 0 Å². The van der Waals surface area contributed by atoms with Gasteiger partial charge in [-0.05, 0) is 25.1 Å². The number of nitrogens with one attached hydrogen (secondary N) is 1. The van der Waals surface area contributed by atoms with Gasteiger partial charge in [-0.2, -0.15) is 5.10 Å². The first-order valence-corrected chi connectivity index (χ1v) is 7.93. The van der Waals surface area contributed by atoms with Crippen molar-refractivity contribution in [3.05, 3.63) is 38.4 Å². The van der Waals surface area contributed by atoms with E-state index in [0.29, 0.717) is 18.0 Å². The molecular weight excluding hydrogens is 358 g/mol. The number of hydrogen-bond acceptors (Lipinski definition) is 5. The Morgan fingerprint density at radius 2 is 2.10 bits per heavy atom. The Labute approximate surface area is 133 Å². The first-order chi connectivity index (χ1) is 10.1. The Hall–Kier alpha value is -1.51. The minimum atomic E-state index is -0.819. The Morgan fingerprint density at radius 3 is 2.76 bits per heavy atom. The molecule has 1 aromatic heterocycles. The molecule has 21 heavy (non-hydrogen) atoms. The van der Waals surface area contributed by atoms with Crippen molar-refractivity contribution in [1.29, 1.82) is 0 Å². The second-order valence-electron chi connectivity index (χ2n) is 4.33. The highest BCUT2D eigenvalue weighted by molar-refractivity contribution is 9.10. The molecule has 2 N–H and O–H groups in total.